The molecule has 32 heavy (non-hydrogen) atoms. The number of anilines is 2. The minimum absolute atomic E-state index is 0.0121. The highest BCUT2D eigenvalue weighted by atomic mass is 35.5. The number of halogens is 2. The molecule has 0 spiro atoms. The summed E-state index contributed by atoms with van der Waals surface area (Å²) in [5.41, 5.74) is 12.3. The van der Waals surface area contributed by atoms with Crippen molar-refractivity contribution in [2.45, 2.75) is 32.1 Å². The summed E-state index contributed by atoms with van der Waals surface area (Å²) in [4.78, 5) is 32.1. The van der Waals surface area contributed by atoms with E-state index in [2.05, 4.69) is 29.4 Å². The van der Waals surface area contributed by atoms with Crippen molar-refractivity contribution in [1.82, 2.24) is 15.3 Å². The van der Waals surface area contributed by atoms with E-state index in [4.69, 9.17) is 34.7 Å². The van der Waals surface area contributed by atoms with Crippen molar-refractivity contribution in [3.8, 4) is 0 Å². The van der Waals surface area contributed by atoms with Crippen LogP contribution in [0.2, 0.25) is 10.2 Å². The van der Waals surface area contributed by atoms with E-state index < -0.39 is 5.91 Å². The molecule has 0 bridgehead atoms. The molecule has 0 radical (unpaired) electrons. The Morgan fingerprint density at radius 3 is 2.34 bits per heavy atom. The topological polar surface area (TPSA) is 124 Å². The number of benzene rings is 1. The summed E-state index contributed by atoms with van der Waals surface area (Å²) < 4.78 is 0.711. The molecule has 0 aliphatic carbocycles. The van der Waals surface area contributed by atoms with Gasteiger partial charge in [0.05, 0.1) is 33.7 Å². The monoisotopic (exact) mass is 481 g/mol. The number of ketones is 1. The van der Waals surface area contributed by atoms with E-state index in [1.54, 1.807) is 0 Å². The number of amides is 1. The minimum Gasteiger partial charge on any atom is -0.382 e. The average Bonchev–Trinajstić information content (AvgIpc) is 2.73. The number of hydrogen-bond donors (Lipinski definition) is 3. The largest absolute Gasteiger partial charge is 0.382 e. The number of aromatic nitrogens is 2. The van der Waals surface area contributed by atoms with Gasteiger partial charge in [0, 0.05) is 17.9 Å². The highest BCUT2D eigenvalue weighted by molar-refractivity contribution is 6.31. The first kappa shape index (κ1) is 25.8. The number of rotatable bonds is 12. The summed E-state index contributed by atoms with van der Waals surface area (Å²) in [6.45, 7) is 2.05. The van der Waals surface area contributed by atoms with Crippen molar-refractivity contribution in [2.75, 3.05) is 45.2 Å². The van der Waals surface area contributed by atoms with Crippen LogP contribution < -0.4 is 16.8 Å². The summed E-state index contributed by atoms with van der Waals surface area (Å²) in [6, 6.07) is 7.60. The zero-order valence-electron chi connectivity index (χ0n) is 18.5. The molecule has 2 rings (SSSR count). The lowest BCUT2D eigenvalue weighted by Gasteiger charge is -2.29. The van der Waals surface area contributed by atoms with E-state index in [-0.39, 0.29) is 28.3 Å². The van der Waals surface area contributed by atoms with Gasteiger partial charge in [-0.2, -0.15) is 0 Å². The van der Waals surface area contributed by atoms with Crippen molar-refractivity contribution in [3.05, 3.63) is 45.7 Å². The number of nitrogen functional groups attached to an aromatic ring is 2. The fourth-order valence-electron chi connectivity index (χ4n) is 3.20. The molecule has 0 aliphatic rings. The first-order chi connectivity index (χ1) is 15.1. The number of aryl methyl sites for hydroxylation is 1. The van der Waals surface area contributed by atoms with Gasteiger partial charge in [0.2, 0.25) is 0 Å². The molecular formula is C22H31Cl2N6O2+. The fraction of sp³-hybridized carbons (Fsp3) is 0.455. The molecule has 0 fully saturated rings. The van der Waals surface area contributed by atoms with Crippen LogP contribution in [0.5, 0.6) is 0 Å². The van der Waals surface area contributed by atoms with E-state index in [1.807, 2.05) is 24.3 Å². The van der Waals surface area contributed by atoms with Crippen LogP contribution in [0.4, 0.5) is 11.6 Å². The molecule has 0 unspecified atom stereocenters. The number of nitrogens with one attached hydrogen (secondary N) is 1. The molecule has 0 atom stereocenters. The van der Waals surface area contributed by atoms with Crippen LogP contribution in [-0.4, -0.2) is 59.9 Å². The third-order valence-corrected chi connectivity index (χ3v) is 5.73. The number of carbonyl (C=O) groups excluding carboxylic acids is 2. The Bertz CT molecular complexity index is 935. The van der Waals surface area contributed by atoms with E-state index in [1.165, 1.54) is 0 Å². The molecule has 0 saturated heterocycles. The number of nitrogens with two attached hydrogens (primary N) is 2. The zero-order chi connectivity index (χ0) is 23.7. The Labute approximate surface area is 198 Å². The van der Waals surface area contributed by atoms with Gasteiger partial charge in [0.15, 0.2) is 22.5 Å². The van der Waals surface area contributed by atoms with Crippen molar-refractivity contribution in [2.24, 2.45) is 0 Å². The SMILES string of the molecule is C[N+](C)(CCCCC(=O)CCc1ccc(Cl)cc1)CCNC(=O)c1nc(Cl)c(N)nc1N. The minimum atomic E-state index is -0.441. The molecule has 1 aromatic carbocycles. The van der Waals surface area contributed by atoms with Crippen LogP contribution in [0.25, 0.3) is 0 Å². The lowest BCUT2D eigenvalue weighted by atomic mass is 10.0. The zero-order valence-corrected chi connectivity index (χ0v) is 20.0. The maximum Gasteiger partial charge on any atom is 0.273 e. The molecule has 0 aliphatic heterocycles. The van der Waals surface area contributed by atoms with Gasteiger partial charge in [0.1, 0.15) is 5.78 Å². The molecule has 8 nitrogen and oxygen atoms in total. The maximum absolute atomic E-state index is 12.3. The quantitative estimate of drug-likeness (QED) is 0.316. The number of quaternary nitrogens is 1. The van der Waals surface area contributed by atoms with Crippen molar-refractivity contribution >= 4 is 46.5 Å². The third kappa shape index (κ3) is 8.61. The summed E-state index contributed by atoms with van der Waals surface area (Å²) in [5, 5.41) is 3.44. The number of carbonyl (C=O) groups is 2. The molecule has 1 heterocycles. The van der Waals surface area contributed by atoms with Crippen molar-refractivity contribution < 1.29 is 14.1 Å². The highest BCUT2D eigenvalue weighted by Gasteiger charge is 2.18. The normalized spacial score (nSPS) is 11.4. The summed E-state index contributed by atoms with van der Waals surface area (Å²) in [6.07, 6.45) is 3.65. The van der Waals surface area contributed by atoms with Crippen LogP contribution in [0.3, 0.4) is 0 Å². The standard InChI is InChI=1S/C22H30Cl2N6O2/c1-30(2,14-12-27-22(32)18-20(25)29-21(26)19(24)28-18)13-4-3-5-17(31)11-8-15-6-9-16(23)10-7-15/h6-7,9-10H,3-5,8,11-14H2,1-2H3,(H4-,25,26,27,29,32)/p+1. The van der Waals surface area contributed by atoms with Crippen molar-refractivity contribution in [3.63, 3.8) is 0 Å². The lowest BCUT2D eigenvalue weighted by Crippen LogP contribution is -2.46. The number of nitrogens with zero attached hydrogens (tertiary/aromatic N) is 3. The van der Waals surface area contributed by atoms with Crippen molar-refractivity contribution in [1.29, 1.82) is 0 Å². The van der Waals surface area contributed by atoms with Gasteiger partial charge in [0.25, 0.3) is 5.91 Å². The number of unbranched alkanes of at least 4 members (excludes halogenated alkanes) is 1. The first-order valence-electron chi connectivity index (χ1n) is 10.5. The van der Waals surface area contributed by atoms with Gasteiger partial charge >= 0.3 is 0 Å². The Morgan fingerprint density at radius 2 is 1.66 bits per heavy atom. The molecular weight excluding hydrogens is 451 g/mol. The molecule has 174 valence electrons. The van der Waals surface area contributed by atoms with E-state index >= 15 is 0 Å². The van der Waals surface area contributed by atoms with Gasteiger partial charge in [-0.3, -0.25) is 9.59 Å². The Kier molecular flexibility index (Phi) is 9.68. The summed E-state index contributed by atoms with van der Waals surface area (Å²) in [7, 11) is 4.17. The third-order valence-electron chi connectivity index (χ3n) is 5.20. The maximum atomic E-state index is 12.3. The number of hydrogen-bond acceptors (Lipinski definition) is 6. The number of Topliss-reactive ketones (excluding diaryl/α,β-unsaturated/α-hetero) is 1. The fourth-order valence-corrected chi connectivity index (χ4v) is 3.45. The highest BCUT2D eigenvalue weighted by Crippen LogP contribution is 2.17. The van der Waals surface area contributed by atoms with Gasteiger partial charge in [-0.05, 0) is 37.0 Å². The van der Waals surface area contributed by atoms with Crippen LogP contribution in [0.1, 0.15) is 41.7 Å². The van der Waals surface area contributed by atoms with Gasteiger partial charge in [-0.1, -0.05) is 35.3 Å². The van der Waals surface area contributed by atoms with Crippen LogP contribution in [0.15, 0.2) is 24.3 Å². The summed E-state index contributed by atoms with van der Waals surface area (Å²) >= 11 is 11.7. The van der Waals surface area contributed by atoms with E-state index in [0.29, 0.717) is 35.4 Å². The van der Waals surface area contributed by atoms with Crippen LogP contribution in [0, 0.1) is 0 Å². The molecule has 5 N–H and O–H groups in total. The summed E-state index contributed by atoms with van der Waals surface area (Å²) in [5.74, 6) is -0.234. The van der Waals surface area contributed by atoms with E-state index in [0.717, 1.165) is 31.4 Å². The average molecular weight is 482 g/mol. The predicted octanol–water partition coefficient (Wildman–Crippen LogP) is 3.13. The Morgan fingerprint density at radius 1 is 0.969 bits per heavy atom. The molecule has 0 saturated carbocycles. The predicted molar refractivity (Wildman–Crippen MR) is 129 cm³/mol. The van der Waals surface area contributed by atoms with Gasteiger partial charge in [-0.25, -0.2) is 9.97 Å². The Hall–Kier alpha value is -2.42. The number of likely N-dealkylation sites (N-methyl/N-ethyl adjacent to an activating group) is 1. The lowest BCUT2D eigenvalue weighted by molar-refractivity contribution is -0.889. The smallest absolute Gasteiger partial charge is 0.273 e. The van der Waals surface area contributed by atoms with Gasteiger partial charge in [-0.15, -0.1) is 0 Å². The molecule has 10 heteroatoms. The molecule has 2 aromatic rings. The second-order valence-electron chi connectivity index (χ2n) is 8.39. The molecule has 1 aromatic heterocycles. The second kappa shape index (κ2) is 12.0. The second-order valence-corrected chi connectivity index (χ2v) is 9.19. The Balaban J connectivity index is 1.64. The molecule has 1 amide bonds. The van der Waals surface area contributed by atoms with Crippen LogP contribution in [-0.2, 0) is 11.2 Å². The van der Waals surface area contributed by atoms with E-state index in [9.17, 15) is 9.59 Å². The van der Waals surface area contributed by atoms with Gasteiger partial charge < -0.3 is 21.3 Å². The van der Waals surface area contributed by atoms with Crippen LogP contribution >= 0.6 is 23.2 Å². The first-order valence-corrected chi connectivity index (χ1v) is 11.3.